The van der Waals surface area contributed by atoms with E-state index in [4.69, 9.17) is 0 Å². The van der Waals surface area contributed by atoms with E-state index in [9.17, 15) is 4.79 Å². The third kappa shape index (κ3) is 4.71. The fraction of sp³-hybridized carbons (Fsp3) is 0.333. The van der Waals surface area contributed by atoms with Gasteiger partial charge in [-0.1, -0.05) is 12.1 Å². The maximum Gasteiger partial charge on any atom is 0.168 e. The number of ketones is 1. The van der Waals surface area contributed by atoms with Crippen molar-refractivity contribution in [2.24, 2.45) is 13.0 Å². The molecule has 1 aliphatic heterocycles. The second-order valence-corrected chi connectivity index (χ2v) is 9.02. The predicted molar refractivity (Wildman–Crippen MR) is 130 cm³/mol. The first-order valence-corrected chi connectivity index (χ1v) is 11.6. The Kier molecular flexibility index (Phi) is 6.01. The van der Waals surface area contributed by atoms with Gasteiger partial charge in [0, 0.05) is 47.3 Å². The van der Waals surface area contributed by atoms with E-state index in [2.05, 4.69) is 43.0 Å². The van der Waals surface area contributed by atoms with E-state index in [1.807, 2.05) is 44.6 Å². The number of hydrogen-bond donors (Lipinski definition) is 1. The molecule has 0 radical (unpaired) electrons. The van der Waals surface area contributed by atoms with Gasteiger partial charge in [-0.2, -0.15) is 0 Å². The quantitative estimate of drug-likeness (QED) is 0.453. The lowest BCUT2D eigenvalue weighted by atomic mass is 9.92. The van der Waals surface area contributed by atoms with Gasteiger partial charge in [-0.25, -0.2) is 4.98 Å². The molecule has 0 bridgehead atoms. The topological polar surface area (TPSA) is 72.7 Å². The van der Waals surface area contributed by atoms with Crippen LogP contribution in [0.5, 0.6) is 0 Å². The van der Waals surface area contributed by atoms with Gasteiger partial charge in [0.25, 0.3) is 0 Å². The summed E-state index contributed by atoms with van der Waals surface area (Å²) in [5, 5.41) is 5.53. The maximum absolute atomic E-state index is 13.0. The van der Waals surface area contributed by atoms with Crippen molar-refractivity contribution in [3.05, 3.63) is 77.8 Å². The molecule has 5 rings (SSSR count). The SMILES string of the molecule is Cc1ncc(-c2ccc3cnc(CC(=O)c4ccnc(CC5CCNCC5)c4)cc3c2)n1C. The number of nitrogens with one attached hydrogen (secondary N) is 1. The van der Waals surface area contributed by atoms with Crippen LogP contribution in [0.4, 0.5) is 0 Å². The van der Waals surface area contributed by atoms with Crippen molar-refractivity contribution in [3.8, 4) is 11.3 Å². The van der Waals surface area contributed by atoms with E-state index >= 15 is 0 Å². The molecule has 4 aromatic rings. The number of hydrogen-bond acceptors (Lipinski definition) is 5. The van der Waals surface area contributed by atoms with E-state index in [-0.39, 0.29) is 12.2 Å². The summed E-state index contributed by atoms with van der Waals surface area (Å²) in [6.45, 7) is 4.13. The molecule has 1 saturated heterocycles. The number of carbonyl (C=O) groups is 1. The van der Waals surface area contributed by atoms with Gasteiger partial charge in [0.05, 0.1) is 18.3 Å². The number of fused-ring (bicyclic) bond motifs is 1. The molecule has 0 unspecified atom stereocenters. The van der Waals surface area contributed by atoms with E-state index in [1.54, 1.807) is 6.20 Å². The van der Waals surface area contributed by atoms with Crippen molar-refractivity contribution in [3.63, 3.8) is 0 Å². The van der Waals surface area contributed by atoms with Crippen LogP contribution in [0.15, 0.2) is 55.0 Å². The van der Waals surface area contributed by atoms with Gasteiger partial charge in [0.15, 0.2) is 5.78 Å². The number of benzene rings is 1. The van der Waals surface area contributed by atoms with Gasteiger partial charge in [-0.05, 0) is 74.8 Å². The van der Waals surface area contributed by atoms with Crippen molar-refractivity contribution in [1.29, 1.82) is 0 Å². The predicted octanol–water partition coefficient (Wildman–Crippen LogP) is 4.31. The van der Waals surface area contributed by atoms with Crippen molar-refractivity contribution >= 4 is 16.6 Å². The number of piperidine rings is 1. The molecule has 168 valence electrons. The van der Waals surface area contributed by atoms with Crippen molar-refractivity contribution in [2.45, 2.75) is 32.6 Å². The van der Waals surface area contributed by atoms with E-state index in [1.165, 1.54) is 12.8 Å². The second-order valence-electron chi connectivity index (χ2n) is 9.02. The lowest BCUT2D eigenvalue weighted by Gasteiger charge is -2.22. The highest BCUT2D eigenvalue weighted by Crippen LogP contribution is 2.25. The van der Waals surface area contributed by atoms with E-state index in [0.717, 1.165) is 64.3 Å². The molecule has 0 saturated carbocycles. The van der Waals surface area contributed by atoms with Gasteiger partial charge in [-0.15, -0.1) is 0 Å². The van der Waals surface area contributed by atoms with Gasteiger partial charge in [-0.3, -0.25) is 14.8 Å². The summed E-state index contributed by atoms with van der Waals surface area (Å²) in [4.78, 5) is 26.5. The molecular weight excluding hydrogens is 410 g/mol. The number of rotatable bonds is 6. The zero-order chi connectivity index (χ0) is 22.8. The van der Waals surface area contributed by atoms with Crippen LogP contribution >= 0.6 is 0 Å². The lowest BCUT2D eigenvalue weighted by molar-refractivity contribution is 0.0991. The molecule has 3 aromatic heterocycles. The lowest BCUT2D eigenvalue weighted by Crippen LogP contribution is -2.28. The summed E-state index contributed by atoms with van der Waals surface area (Å²) in [7, 11) is 2.02. The molecule has 4 heterocycles. The van der Waals surface area contributed by atoms with Crippen molar-refractivity contribution in [2.75, 3.05) is 13.1 Å². The standard InChI is InChI=1S/C27H29N5O/c1-18-30-17-26(32(18)2)20-3-4-22-16-31-25(14-23(22)12-20)15-27(33)21-7-10-29-24(13-21)11-19-5-8-28-9-6-19/h3-4,7,10,12-14,16-17,19,28H,5-6,8-9,11,15H2,1-2H3. The smallest absolute Gasteiger partial charge is 0.168 e. The molecule has 0 aliphatic carbocycles. The summed E-state index contributed by atoms with van der Waals surface area (Å²) in [6.07, 6.45) is 9.06. The molecule has 1 aliphatic rings. The molecule has 0 spiro atoms. The molecule has 33 heavy (non-hydrogen) atoms. The number of pyridine rings is 2. The Morgan fingerprint density at radius 3 is 2.64 bits per heavy atom. The largest absolute Gasteiger partial charge is 0.331 e. The monoisotopic (exact) mass is 439 g/mol. The average Bonchev–Trinajstić information content (AvgIpc) is 3.17. The maximum atomic E-state index is 13.0. The number of nitrogens with zero attached hydrogens (tertiary/aromatic N) is 4. The summed E-state index contributed by atoms with van der Waals surface area (Å²) in [5.41, 5.74) is 4.68. The Labute approximate surface area is 194 Å². The minimum absolute atomic E-state index is 0.0780. The third-order valence-electron chi connectivity index (χ3n) is 6.73. The number of aromatic nitrogens is 4. The van der Waals surface area contributed by atoms with Crippen LogP contribution in [-0.4, -0.2) is 38.4 Å². The Hall–Kier alpha value is -3.38. The molecule has 6 nitrogen and oxygen atoms in total. The number of aryl methyl sites for hydroxylation is 1. The van der Waals surface area contributed by atoms with E-state index in [0.29, 0.717) is 5.92 Å². The highest BCUT2D eigenvalue weighted by Gasteiger charge is 2.16. The Balaban J connectivity index is 1.34. The number of imidazole rings is 1. The Bertz CT molecular complexity index is 1300. The summed E-state index contributed by atoms with van der Waals surface area (Å²) < 4.78 is 2.08. The number of Topliss-reactive ketones (excluding diaryl/α,β-unsaturated/α-hetero) is 1. The van der Waals surface area contributed by atoms with E-state index < -0.39 is 0 Å². The van der Waals surface area contributed by atoms with Gasteiger partial charge in [0.1, 0.15) is 5.82 Å². The van der Waals surface area contributed by atoms with Crippen LogP contribution in [0, 0.1) is 12.8 Å². The molecule has 0 atom stereocenters. The van der Waals surface area contributed by atoms with Crippen molar-refractivity contribution < 1.29 is 4.79 Å². The fourth-order valence-corrected chi connectivity index (χ4v) is 4.62. The highest BCUT2D eigenvalue weighted by molar-refractivity contribution is 5.98. The molecule has 1 fully saturated rings. The zero-order valence-electron chi connectivity index (χ0n) is 19.2. The Morgan fingerprint density at radius 2 is 1.85 bits per heavy atom. The minimum Gasteiger partial charge on any atom is -0.331 e. The normalized spacial score (nSPS) is 14.6. The van der Waals surface area contributed by atoms with Gasteiger partial charge in [0.2, 0.25) is 0 Å². The van der Waals surface area contributed by atoms with Crippen LogP contribution < -0.4 is 5.32 Å². The first-order chi connectivity index (χ1) is 16.1. The molecule has 1 N–H and O–H groups in total. The first-order valence-electron chi connectivity index (χ1n) is 11.6. The first kappa shape index (κ1) is 21.5. The summed E-state index contributed by atoms with van der Waals surface area (Å²) in [6, 6.07) is 12.1. The highest BCUT2D eigenvalue weighted by atomic mass is 16.1. The van der Waals surface area contributed by atoms with Crippen LogP contribution in [0.2, 0.25) is 0 Å². The van der Waals surface area contributed by atoms with Gasteiger partial charge >= 0.3 is 0 Å². The van der Waals surface area contributed by atoms with Gasteiger partial charge < -0.3 is 9.88 Å². The third-order valence-corrected chi connectivity index (χ3v) is 6.73. The fourth-order valence-electron chi connectivity index (χ4n) is 4.62. The molecule has 6 heteroatoms. The second kappa shape index (κ2) is 9.24. The van der Waals surface area contributed by atoms with Crippen LogP contribution in [0.3, 0.4) is 0 Å². The molecule has 0 amide bonds. The summed E-state index contributed by atoms with van der Waals surface area (Å²) in [5.74, 6) is 1.70. The minimum atomic E-state index is 0.0780. The Morgan fingerprint density at radius 1 is 1.00 bits per heavy atom. The summed E-state index contributed by atoms with van der Waals surface area (Å²) >= 11 is 0. The average molecular weight is 440 g/mol. The van der Waals surface area contributed by atoms with Crippen molar-refractivity contribution in [1.82, 2.24) is 24.8 Å². The number of carbonyl (C=O) groups excluding carboxylic acids is 1. The van der Waals surface area contributed by atoms with Crippen LogP contribution in [0.25, 0.3) is 22.0 Å². The van der Waals surface area contributed by atoms with Crippen LogP contribution in [-0.2, 0) is 19.9 Å². The zero-order valence-corrected chi connectivity index (χ0v) is 19.2. The molecule has 1 aromatic carbocycles. The van der Waals surface area contributed by atoms with Crippen LogP contribution in [0.1, 0.15) is 40.4 Å². The molecular formula is C27H29N5O.